The van der Waals surface area contributed by atoms with Gasteiger partial charge in [0.2, 0.25) is 0 Å². The summed E-state index contributed by atoms with van der Waals surface area (Å²) in [7, 11) is 1.95. The number of aromatic nitrogens is 2. The Labute approximate surface area is 115 Å². The second-order valence-electron chi connectivity index (χ2n) is 5.85. The number of hydrogen-bond acceptors (Lipinski definition) is 4. The van der Waals surface area contributed by atoms with Crippen molar-refractivity contribution in [3.8, 4) is 0 Å². The quantitative estimate of drug-likeness (QED) is 0.902. The molecule has 0 amide bonds. The van der Waals surface area contributed by atoms with Gasteiger partial charge in [-0.3, -0.25) is 4.98 Å². The van der Waals surface area contributed by atoms with Crippen molar-refractivity contribution in [1.29, 1.82) is 0 Å². The average molecular weight is 260 g/mol. The lowest BCUT2D eigenvalue weighted by molar-refractivity contribution is 0.429. The lowest BCUT2D eigenvalue weighted by Gasteiger charge is -2.30. The highest BCUT2D eigenvalue weighted by molar-refractivity contribution is 5.39. The van der Waals surface area contributed by atoms with E-state index in [0.717, 1.165) is 30.5 Å². The Morgan fingerprint density at radius 2 is 2.05 bits per heavy atom. The third kappa shape index (κ3) is 2.73. The van der Waals surface area contributed by atoms with Crippen LogP contribution in [0.5, 0.6) is 0 Å². The fraction of sp³-hybridized carbons (Fsp3) is 0.733. The van der Waals surface area contributed by atoms with Crippen LogP contribution in [0.3, 0.4) is 0 Å². The van der Waals surface area contributed by atoms with Crippen molar-refractivity contribution in [3.05, 3.63) is 18.1 Å². The van der Waals surface area contributed by atoms with Gasteiger partial charge >= 0.3 is 0 Å². The minimum Gasteiger partial charge on any atom is -0.352 e. The van der Waals surface area contributed by atoms with Crippen LogP contribution in [0, 0.1) is 5.92 Å². The van der Waals surface area contributed by atoms with Gasteiger partial charge in [-0.05, 0) is 38.6 Å². The van der Waals surface area contributed by atoms with Gasteiger partial charge < -0.3 is 10.2 Å². The summed E-state index contributed by atoms with van der Waals surface area (Å²) in [4.78, 5) is 11.6. The largest absolute Gasteiger partial charge is 0.352 e. The van der Waals surface area contributed by atoms with Crippen LogP contribution in [-0.2, 0) is 6.54 Å². The molecular formula is C15H24N4. The maximum Gasteiger partial charge on any atom is 0.147 e. The molecule has 0 spiro atoms. The summed E-state index contributed by atoms with van der Waals surface area (Å²) in [5.74, 6) is 1.97. The smallest absolute Gasteiger partial charge is 0.147 e. The topological polar surface area (TPSA) is 41.1 Å². The molecule has 4 nitrogen and oxygen atoms in total. The van der Waals surface area contributed by atoms with Crippen LogP contribution in [0.15, 0.2) is 12.4 Å². The Bertz CT molecular complexity index is 414. The standard InChI is InChI=1S/C15H24N4/c1-16-9-13-10-17-11-15(18-13)19-8-4-7-14(19)12-5-2-3-6-12/h10-12,14,16H,2-9H2,1H3. The van der Waals surface area contributed by atoms with E-state index in [0.29, 0.717) is 6.04 Å². The van der Waals surface area contributed by atoms with Gasteiger partial charge in [-0.25, -0.2) is 4.98 Å². The van der Waals surface area contributed by atoms with Crippen LogP contribution in [-0.4, -0.2) is 29.6 Å². The third-order valence-corrected chi connectivity index (χ3v) is 4.57. The maximum atomic E-state index is 4.77. The minimum atomic E-state index is 0.710. The Hall–Kier alpha value is -1.16. The fourth-order valence-corrected chi connectivity index (χ4v) is 3.71. The van der Waals surface area contributed by atoms with Gasteiger partial charge in [0.05, 0.1) is 11.9 Å². The lowest BCUT2D eigenvalue weighted by atomic mass is 9.96. The van der Waals surface area contributed by atoms with E-state index in [1.165, 1.54) is 38.5 Å². The first-order valence-electron chi connectivity index (χ1n) is 7.60. The Kier molecular flexibility index (Phi) is 3.97. The van der Waals surface area contributed by atoms with Gasteiger partial charge in [-0.2, -0.15) is 0 Å². The number of rotatable bonds is 4. The molecular weight excluding hydrogens is 236 g/mol. The van der Waals surface area contributed by atoms with E-state index in [9.17, 15) is 0 Å². The van der Waals surface area contributed by atoms with Crippen molar-refractivity contribution in [2.45, 2.75) is 51.1 Å². The molecule has 1 unspecified atom stereocenters. The monoisotopic (exact) mass is 260 g/mol. The summed E-state index contributed by atoms with van der Waals surface area (Å²) in [5.41, 5.74) is 1.04. The van der Waals surface area contributed by atoms with Crippen molar-refractivity contribution >= 4 is 5.82 Å². The highest BCUT2D eigenvalue weighted by Gasteiger charge is 2.34. The molecule has 1 aromatic heterocycles. The summed E-state index contributed by atoms with van der Waals surface area (Å²) in [5, 5.41) is 3.15. The van der Waals surface area contributed by atoms with Crippen molar-refractivity contribution in [2.75, 3.05) is 18.5 Å². The molecule has 1 saturated carbocycles. The molecule has 0 radical (unpaired) electrons. The summed E-state index contributed by atoms with van der Waals surface area (Å²) >= 11 is 0. The van der Waals surface area contributed by atoms with E-state index in [2.05, 4.69) is 15.2 Å². The average Bonchev–Trinajstić information content (AvgIpc) is 3.10. The van der Waals surface area contributed by atoms with E-state index in [-0.39, 0.29) is 0 Å². The van der Waals surface area contributed by atoms with Crippen LogP contribution in [0.2, 0.25) is 0 Å². The molecule has 1 aromatic rings. The van der Waals surface area contributed by atoms with Crippen LogP contribution in [0.4, 0.5) is 5.82 Å². The van der Waals surface area contributed by atoms with Gasteiger partial charge in [0, 0.05) is 25.3 Å². The van der Waals surface area contributed by atoms with E-state index >= 15 is 0 Å². The van der Waals surface area contributed by atoms with Gasteiger partial charge in [0.1, 0.15) is 5.82 Å². The molecule has 104 valence electrons. The van der Waals surface area contributed by atoms with E-state index in [4.69, 9.17) is 4.98 Å². The molecule has 0 bridgehead atoms. The van der Waals surface area contributed by atoms with E-state index < -0.39 is 0 Å². The highest BCUT2D eigenvalue weighted by Crippen LogP contribution is 2.36. The van der Waals surface area contributed by atoms with Crippen LogP contribution >= 0.6 is 0 Å². The molecule has 0 aromatic carbocycles. The minimum absolute atomic E-state index is 0.710. The SMILES string of the molecule is CNCc1cncc(N2CCCC2C2CCCC2)n1. The second kappa shape index (κ2) is 5.87. The van der Waals surface area contributed by atoms with E-state index in [1.54, 1.807) is 0 Å². The predicted molar refractivity (Wildman–Crippen MR) is 77.1 cm³/mol. The first-order chi connectivity index (χ1) is 9.38. The molecule has 1 aliphatic carbocycles. The first-order valence-corrected chi connectivity index (χ1v) is 7.60. The van der Waals surface area contributed by atoms with Gasteiger partial charge in [0.25, 0.3) is 0 Å². The molecule has 2 heterocycles. The molecule has 4 heteroatoms. The second-order valence-corrected chi connectivity index (χ2v) is 5.85. The fourth-order valence-electron chi connectivity index (χ4n) is 3.71. The van der Waals surface area contributed by atoms with Gasteiger partial charge in [-0.1, -0.05) is 12.8 Å². The summed E-state index contributed by atoms with van der Waals surface area (Å²) in [6, 6.07) is 0.710. The molecule has 3 rings (SSSR count). The number of nitrogens with one attached hydrogen (secondary N) is 1. The van der Waals surface area contributed by atoms with Gasteiger partial charge in [-0.15, -0.1) is 0 Å². The van der Waals surface area contributed by atoms with Crippen molar-refractivity contribution < 1.29 is 0 Å². The predicted octanol–water partition coefficient (Wildman–Crippen LogP) is 2.36. The third-order valence-electron chi connectivity index (χ3n) is 4.57. The molecule has 2 aliphatic rings. The first kappa shape index (κ1) is 12.9. The Morgan fingerprint density at radius 3 is 2.84 bits per heavy atom. The highest BCUT2D eigenvalue weighted by atomic mass is 15.2. The Balaban J connectivity index is 1.77. The lowest BCUT2D eigenvalue weighted by Crippen LogP contribution is -2.35. The van der Waals surface area contributed by atoms with Crippen LogP contribution in [0.1, 0.15) is 44.2 Å². The van der Waals surface area contributed by atoms with Crippen molar-refractivity contribution in [1.82, 2.24) is 15.3 Å². The normalized spacial score (nSPS) is 24.3. The molecule has 1 aliphatic heterocycles. The molecule has 1 N–H and O–H groups in total. The zero-order chi connectivity index (χ0) is 13.1. The molecule has 1 atom stereocenters. The molecule has 19 heavy (non-hydrogen) atoms. The molecule has 1 saturated heterocycles. The Morgan fingerprint density at radius 1 is 1.21 bits per heavy atom. The van der Waals surface area contributed by atoms with Crippen LogP contribution in [0.25, 0.3) is 0 Å². The number of hydrogen-bond donors (Lipinski definition) is 1. The van der Waals surface area contributed by atoms with Crippen molar-refractivity contribution in [3.63, 3.8) is 0 Å². The zero-order valence-corrected chi connectivity index (χ0v) is 11.8. The summed E-state index contributed by atoms with van der Waals surface area (Å²) < 4.78 is 0. The maximum absolute atomic E-state index is 4.77. The van der Waals surface area contributed by atoms with Crippen molar-refractivity contribution in [2.24, 2.45) is 5.92 Å². The zero-order valence-electron chi connectivity index (χ0n) is 11.8. The number of nitrogens with zero attached hydrogens (tertiary/aromatic N) is 3. The number of anilines is 1. The summed E-state index contributed by atoms with van der Waals surface area (Å²) in [6.45, 7) is 1.95. The van der Waals surface area contributed by atoms with Gasteiger partial charge in [0.15, 0.2) is 0 Å². The van der Waals surface area contributed by atoms with E-state index in [1.807, 2.05) is 19.4 Å². The summed E-state index contributed by atoms with van der Waals surface area (Å²) in [6.07, 6.45) is 12.1. The van der Waals surface area contributed by atoms with Crippen LogP contribution < -0.4 is 10.2 Å². The molecule has 2 fully saturated rings.